The van der Waals surface area contributed by atoms with Crippen molar-refractivity contribution in [1.29, 1.82) is 0 Å². The molecule has 3 aromatic rings. The summed E-state index contributed by atoms with van der Waals surface area (Å²) in [5.41, 5.74) is 4.07. The Hall–Kier alpha value is -1.71. The van der Waals surface area contributed by atoms with E-state index in [1.807, 2.05) is 56.4 Å². The lowest BCUT2D eigenvalue weighted by Gasteiger charge is -1.99. The topological polar surface area (TPSA) is 25.8 Å². The van der Waals surface area contributed by atoms with Crippen molar-refractivity contribution in [2.24, 2.45) is 0 Å². The van der Waals surface area contributed by atoms with Crippen molar-refractivity contribution < 1.29 is 0 Å². The Morgan fingerprint density at radius 1 is 1.05 bits per heavy atom. The maximum atomic E-state index is 6.32. The van der Waals surface area contributed by atoms with Gasteiger partial charge in [0.15, 0.2) is 0 Å². The summed E-state index contributed by atoms with van der Waals surface area (Å²) in [4.78, 5) is 8.81. The SMILES string of the molecule is CC.Cc1ccncc1-c1nc(-c2ccccc2)c(Cl)s1. The number of rotatable bonds is 2. The number of aromatic nitrogens is 2. The molecule has 3 rings (SSSR count). The van der Waals surface area contributed by atoms with Crippen molar-refractivity contribution in [2.75, 3.05) is 0 Å². The van der Waals surface area contributed by atoms with E-state index in [1.165, 1.54) is 11.3 Å². The second-order valence-electron chi connectivity index (χ2n) is 4.20. The predicted octanol–water partition coefficient (Wildman–Crippen LogP) is 5.86. The van der Waals surface area contributed by atoms with Crippen LogP contribution < -0.4 is 0 Å². The molecule has 0 aliphatic rings. The van der Waals surface area contributed by atoms with E-state index < -0.39 is 0 Å². The number of hydrogen-bond donors (Lipinski definition) is 0. The van der Waals surface area contributed by atoms with Crippen LogP contribution in [-0.4, -0.2) is 9.97 Å². The number of benzene rings is 1. The van der Waals surface area contributed by atoms with Crippen molar-refractivity contribution in [3.8, 4) is 21.8 Å². The summed E-state index contributed by atoms with van der Waals surface area (Å²) in [5, 5.41) is 0.912. The summed E-state index contributed by atoms with van der Waals surface area (Å²) in [5.74, 6) is 0. The van der Waals surface area contributed by atoms with E-state index in [0.29, 0.717) is 4.34 Å². The van der Waals surface area contributed by atoms with Crippen molar-refractivity contribution >= 4 is 22.9 Å². The number of hydrogen-bond acceptors (Lipinski definition) is 3. The molecule has 2 nitrogen and oxygen atoms in total. The Labute approximate surface area is 134 Å². The summed E-state index contributed by atoms with van der Waals surface area (Å²) in [6, 6.07) is 12.0. The average molecular weight is 317 g/mol. The van der Waals surface area contributed by atoms with Gasteiger partial charge in [0.25, 0.3) is 0 Å². The normalized spacial score (nSPS) is 9.90. The molecule has 0 atom stereocenters. The minimum atomic E-state index is 0.712. The molecule has 0 saturated heterocycles. The lowest BCUT2D eigenvalue weighted by Crippen LogP contribution is -1.84. The Bertz CT molecular complexity index is 708. The molecule has 0 fully saturated rings. The molecule has 2 aromatic heterocycles. The standard InChI is InChI=1S/C15H11ClN2S.C2H6/c1-10-7-8-17-9-12(10)15-18-13(14(16)19-15)11-5-3-2-4-6-11;1-2/h2-9H,1H3;1-2H3. The average Bonchev–Trinajstić information content (AvgIpc) is 2.92. The van der Waals surface area contributed by atoms with Crippen LogP contribution in [0, 0.1) is 6.92 Å². The van der Waals surface area contributed by atoms with Crippen molar-refractivity contribution in [1.82, 2.24) is 9.97 Å². The highest BCUT2D eigenvalue weighted by Gasteiger charge is 2.13. The molecule has 21 heavy (non-hydrogen) atoms. The summed E-state index contributed by atoms with van der Waals surface area (Å²) < 4.78 is 0.712. The number of aryl methyl sites for hydroxylation is 1. The molecule has 0 aliphatic heterocycles. The molecular formula is C17H17ClN2S. The molecule has 0 spiro atoms. The molecule has 0 aliphatic carbocycles. The fraction of sp³-hybridized carbons (Fsp3) is 0.176. The van der Waals surface area contributed by atoms with Gasteiger partial charge >= 0.3 is 0 Å². The molecule has 4 heteroatoms. The number of nitrogens with zero attached hydrogens (tertiary/aromatic N) is 2. The van der Waals surface area contributed by atoms with Crippen LogP contribution in [0.2, 0.25) is 4.34 Å². The van der Waals surface area contributed by atoms with E-state index in [2.05, 4.69) is 16.9 Å². The van der Waals surface area contributed by atoms with Gasteiger partial charge < -0.3 is 0 Å². The third-order valence-electron chi connectivity index (χ3n) is 2.90. The van der Waals surface area contributed by atoms with Gasteiger partial charge in [-0.05, 0) is 18.6 Å². The van der Waals surface area contributed by atoms with Crippen LogP contribution >= 0.6 is 22.9 Å². The molecule has 1 aromatic carbocycles. The van der Waals surface area contributed by atoms with Crippen LogP contribution in [0.5, 0.6) is 0 Å². The van der Waals surface area contributed by atoms with Crippen LogP contribution in [-0.2, 0) is 0 Å². The second-order valence-corrected chi connectivity index (χ2v) is 5.80. The van der Waals surface area contributed by atoms with Gasteiger partial charge in [-0.1, -0.05) is 55.8 Å². The number of pyridine rings is 1. The van der Waals surface area contributed by atoms with Crippen molar-refractivity contribution in [3.63, 3.8) is 0 Å². The lowest BCUT2D eigenvalue weighted by molar-refractivity contribution is 1.27. The minimum Gasteiger partial charge on any atom is -0.264 e. The zero-order valence-electron chi connectivity index (χ0n) is 12.3. The Morgan fingerprint density at radius 2 is 1.76 bits per heavy atom. The maximum absolute atomic E-state index is 6.32. The Morgan fingerprint density at radius 3 is 2.43 bits per heavy atom. The van der Waals surface area contributed by atoms with Gasteiger partial charge in [0.2, 0.25) is 0 Å². The van der Waals surface area contributed by atoms with Crippen molar-refractivity contribution in [3.05, 3.63) is 58.7 Å². The largest absolute Gasteiger partial charge is 0.264 e. The minimum absolute atomic E-state index is 0.712. The quantitative estimate of drug-likeness (QED) is 0.591. The van der Waals surface area contributed by atoms with Crippen LogP contribution in [0.25, 0.3) is 21.8 Å². The molecule has 2 heterocycles. The van der Waals surface area contributed by atoms with E-state index in [1.54, 1.807) is 6.20 Å². The van der Waals surface area contributed by atoms with Crippen LogP contribution in [0.15, 0.2) is 48.8 Å². The first-order valence-corrected chi connectivity index (χ1v) is 8.08. The number of thiazole rings is 1. The third-order valence-corrected chi connectivity index (χ3v) is 4.19. The summed E-state index contributed by atoms with van der Waals surface area (Å²) in [6.45, 7) is 6.05. The first kappa shape index (κ1) is 15.7. The van der Waals surface area contributed by atoms with Crippen LogP contribution in [0.3, 0.4) is 0 Å². The van der Waals surface area contributed by atoms with E-state index >= 15 is 0 Å². The Balaban J connectivity index is 0.000000774. The van der Waals surface area contributed by atoms with Gasteiger partial charge in [-0.25, -0.2) is 4.98 Å². The number of halogens is 1. The van der Waals surface area contributed by atoms with Gasteiger partial charge in [-0.3, -0.25) is 4.98 Å². The molecule has 0 bridgehead atoms. The zero-order valence-corrected chi connectivity index (χ0v) is 13.9. The van der Waals surface area contributed by atoms with Crippen LogP contribution in [0.1, 0.15) is 19.4 Å². The van der Waals surface area contributed by atoms with Gasteiger partial charge in [0.05, 0.1) is 0 Å². The summed E-state index contributed by atoms with van der Waals surface area (Å²) >= 11 is 7.81. The highest BCUT2D eigenvalue weighted by Crippen LogP contribution is 2.37. The third kappa shape index (κ3) is 3.49. The second kappa shape index (κ2) is 7.34. The molecular weight excluding hydrogens is 300 g/mol. The molecule has 108 valence electrons. The van der Waals surface area contributed by atoms with E-state index in [9.17, 15) is 0 Å². The first-order chi connectivity index (χ1) is 10.3. The predicted molar refractivity (Wildman–Crippen MR) is 91.9 cm³/mol. The molecule has 0 saturated carbocycles. The van der Waals surface area contributed by atoms with E-state index in [4.69, 9.17) is 11.6 Å². The van der Waals surface area contributed by atoms with Crippen molar-refractivity contribution in [2.45, 2.75) is 20.8 Å². The van der Waals surface area contributed by atoms with Gasteiger partial charge in [-0.2, -0.15) is 0 Å². The Kier molecular flexibility index (Phi) is 5.48. The van der Waals surface area contributed by atoms with Gasteiger partial charge in [-0.15, -0.1) is 11.3 Å². The molecule has 0 N–H and O–H groups in total. The fourth-order valence-electron chi connectivity index (χ4n) is 1.88. The molecule has 0 unspecified atom stereocenters. The maximum Gasteiger partial charge on any atom is 0.127 e. The van der Waals surface area contributed by atoms with Gasteiger partial charge in [0, 0.05) is 23.5 Å². The fourth-order valence-corrected chi connectivity index (χ4v) is 3.14. The first-order valence-electron chi connectivity index (χ1n) is 6.88. The summed E-state index contributed by atoms with van der Waals surface area (Å²) in [6.07, 6.45) is 3.62. The smallest absolute Gasteiger partial charge is 0.127 e. The zero-order chi connectivity index (χ0) is 15.2. The van der Waals surface area contributed by atoms with E-state index in [-0.39, 0.29) is 0 Å². The van der Waals surface area contributed by atoms with Crippen LogP contribution in [0.4, 0.5) is 0 Å². The van der Waals surface area contributed by atoms with E-state index in [0.717, 1.165) is 27.4 Å². The molecule has 0 radical (unpaired) electrons. The lowest BCUT2D eigenvalue weighted by atomic mass is 10.1. The highest BCUT2D eigenvalue weighted by molar-refractivity contribution is 7.19. The summed E-state index contributed by atoms with van der Waals surface area (Å²) in [7, 11) is 0. The highest BCUT2D eigenvalue weighted by atomic mass is 35.5. The van der Waals surface area contributed by atoms with Gasteiger partial charge in [0.1, 0.15) is 15.0 Å². The monoisotopic (exact) mass is 316 g/mol. The molecule has 0 amide bonds.